The Labute approximate surface area is 118 Å². The number of carbonyl (C=O) groups is 1. The second-order valence-electron chi connectivity index (χ2n) is 4.90. The molecule has 3 rings (SSSR count). The van der Waals surface area contributed by atoms with Gasteiger partial charge in [0.15, 0.2) is 5.82 Å². The lowest BCUT2D eigenvalue weighted by Crippen LogP contribution is -2.35. The predicted molar refractivity (Wildman–Crippen MR) is 69.7 cm³/mol. The number of aromatic nitrogens is 2. The molecule has 110 valence electrons. The van der Waals surface area contributed by atoms with Crippen molar-refractivity contribution in [1.29, 1.82) is 0 Å². The van der Waals surface area contributed by atoms with Gasteiger partial charge in [0, 0.05) is 42.0 Å². The number of nitrogens with zero attached hydrogens (tertiary/aromatic N) is 1. The van der Waals surface area contributed by atoms with Crippen molar-refractivity contribution >= 4 is 5.91 Å². The van der Waals surface area contributed by atoms with Crippen molar-refractivity contribution < 1.29 is 18.0 Å². The molecule has 3 heterocycles. The van der Waals surface area contributed by atoms with Crippen LogP contribution >= 0.6 is 0 Å². The molecule has 1 aliphatic rings. The van der Waals surface area contributed by atoms with Gasteiger partial charge in [0.25, 0.3) is 5.91 Å². The Morgan fingerprint density at radius 2 is 2.19 bits per heavy atom. The van der Waals surface area contributed by atoms with Crippen LogP contribution in [-0.4, -0.2) is 28.8 Å². The summed E-state index contributed by atoms with van der Waals surface area (Å²) in [5.41, 5.74) is 1.36. The van der Waals surface area contributed by atoms with Gasteiger partial charge >= 0.3 is 0 Å². The molecular weight excluding hydrogens is 283 g/mol. The van der Waals surface area contributed by atoms with Gasteiger partial charge in [-0.1, -0.05) is 0 Å². The number of hydrogen-bond acceptors (Lipinski definition) is 2. The Morgan fingerprint density at radius 1 is 1.38 bits per heavy atom. The van der Waals surface area contributed by atoms with Crippen molar-refractivity contribution in [3.63, 3.8) is 0 Å². The molecule has 0 spiro atoms. The molecule has 1 aliphatic heterocycles. The van der Waals surface area contributed by atoms with E-state index in [0.717, 1.165) is 6.20 Å². The largest absolute Gasteiger partial charge is 0.357 e. The average molecular weight is 295 g/mol. The van der Waals surface area contributed by atoms with Gasteiger partial charge < -0.3 is 10.3 Å². The Hall–Kier alpha value is -2.31. The lowest BCUT2D eigenvalue weighted by molar-refractivity contribution is 0.0913. The fraction of sp³-hybridized carbons (Fsp3) is 0.286. The molecular formula is C14H12F3N3O. The van der Waals surface area contributed by atoms with E-state index in [1.165, 1.54) is 18.3 Å². The first kappa shape index (κ1) is 13.7. The van der Waals surface area contributed by atoms with E-state index in [2.05, 4.69) is 15.3 Å². The number of rotatable bonds is 3. The number of amides is 1. The molecule has 2 aromatic heterocycles. The smallest absolute Gasteiger partial charge is 0.253 e. The Bertz CT molecular complexity index is 684. The van der Waals surface area contributed by atoms with Crippen LogP contribution in [0.4, 0.5) is 13.2 Å². The normalized spacial score (nSPS) is 17.7. The quantitative estimate of drug-likeness (QED) is 0.914. The number of nitrogens with one attached hydrogen (secondary N) is 2. The van der Waals surface area contributed by atoms with E-state index in [9.17, 15) is 18.0 Å². The summed E-state index contributed by atoms with van der Waals surface area (Å²) in [7, 11) is 0. The van der Waals surface area contributed by atoms with Crippen LogP contribution in [0.2, 0.25) is 0 Å². The highest BCUT2D eigenvalue weighted by Crippen LogP contribution is 2.32. The molecule has 0 saturated heterocycles. The van der Waals surface area contributed by atoms with Gasteiger partial charge in [-0.05, 0) is 12.1 Å². The molecule has 21 heavy (non-hydrogen) atoms. The summed E-state index contributed by atoms with van der Waals surface area (Å²) in [5, 5.41) is 2.57. The standard InChI is InChI=1S/C14H12F3N3O/c15-10-6-18-2-1-8(10)11-4-9-13(20-11)7(3-12(16)17)5-19-14(9)21/h1-2,4,6-7,12,20H,3,5H2,(H,19,21). The van der Waals surface area contributed by atoms with Gasteiger partial charge in [-0.2, -0.15) is 0 Å². The van der Waals surface area contributed by atoms with E-state index in [-0.39, 0.29) is 30.0 Å². The molecule has 4 nitrogen and oxygen atoms in total. The zero-order chi connectivity index (χ0) is 15.0. The molecule has 2 aromatic rings. The maximum absolute atomic E-state index is 13.7. The number of alkyl halides is 2. The maximum Gasteiger partial charge on any atom is 0.253 e. The summed E-state index contributed by atoms with van der Waals surface area (Å²) in [6, 6.07) is 2.95. The molecule has 1 unspecified atom stereocenters. The molecule has 0 saturated carbocycles. The van der Waals surface area contributed by atoms with Crippen LogP contribution in [0.3, 0.4) is 0 Å². The summed E-state index contributed by atoms with van der Waals surface area (Å²) in [5.74, 6) is -1.38. The zero-order valence-electron chi connectivity index (χ0n) is 10.9. The third kappa shape index (κ3) is 2.51. The maximum atomic E-state index is 13.7. The van der Waals surface area contributed by atoms with Crippen LogP contribution in [0, 0.1) is 5.82 Å². The minimum Gasteiger partial charge on any atom is -0.357 e. The number of hydrogen-bond donors (Lipinski definition) is 2. The molecule has 1 amide bonds. The molecule has 0 bridgehead atoms. The Kier molecular flexibility index (Phi) is 3.40. The molecule has 0 fully saturated rings. The van der Waals surface area contributed by atoms with Crippen molar-refractivity contribution in [3.8, 4) is 11.3 Å². The minimum absolute atomic E-state index is 0.148. The number of carbonyl (C=O) groups excluding carboxylic acids is 1. The van der Waals surface area contributed by atoms with E-state index in [1.54, 1.807) is 0 Å². The topological polar surface area (TPSA) is 57.8 Å². The van der Waals surface area contributed by atoms with Crippen molar-refractivity contribution in [1.82, 2.24) is 15.3 Å². The van der Waals surface area contributed by atoms with Crippen LogP contribution in [0.1, 0.15) is 28.4 Å². The summed E-state index contributed by atoms with van der Waals surface area (Å²) in [6.07, 6.45) is -0.338. The van der Waals surface area contributed by atoms with Crippen molar-refractivity contribution in [2.75, 3.05) is 6.54 Å². The van der Waals surface area contributed by atoms with Gasteiger partial charge in [0.1, 0.15) is 0 Å². The van der Waals surface area contributed by atoms with Crippen molar-refractivity contribution in [3.05, 3.63) is 41.6 Å². The van der Waals surface area contributed by atoms with Gasteiger partial charge in [0.2, 0.25) is 6.43 Å². The highest BCUT2D eigenvalue weighted by atomic mass is 19.3. The lowest BCUT2D eigenvalue weighted by atomic mass is 9.94. The van der Waals surface area contributed by atoms with Gasteiger partial charge in [-0.25, -0.2) is 13.2 Å². The monoisotopic (exact) mass is 295 g/mol. The van der Waals surface area contributed by atoms with Crippen LogP contribution in [0.5, 0.6) is 0 Å². The average Bonchev–Trinajstić information content (AvgIpc) is 2.88. The molecule has 7 heteroatoms. The van der Waals surface area contributed by atoms with Crippen LogP contribution < -0.4 is 5.32 Å². The van der Waals surface area contributed by atoms with Gasteiger partial charge in [0.05, 0.1) is 11.8 Å². The molecule has 1 atom stereocenters. The highest BCUT2D eigenvalue weighted by Gasteiger charge is 2.30. The molecule has 2 N–H and O–H groups in total. The van der Waals surface area contributed by atoms with E-state index in [0.29, 0.717) is 11.4 Å². The Morgan fingerprint density at radius 3 is 2.90 bits per heavy atom. The molecule has 0 aromatic carbocycles. The van der Waals surface area contributed by atoms with E-state index >= 15 is 0 Å². The number of halogens is 3. The van der Waals surface area contributed by atoms with E-state index < -0.39 is 18.2 Å². The summed E-state index contributed by atoms with van der Waals surface area (Å²) in [4.78, 5) is 18.4. The minimum atomic E-state index is -2.47. The van der Waals surface area contributed by atoms with Crippen LogP contribution in [0.25, 0.3) is 11.3 Å². The second-order valence-corrected chi connectivity index (χ2v) is 4.90. The molecule has 0 radical (unpaired) electrons. The fourth-order valence-electron chi connectivity index (χ4n) is 2.55. The fourth-order valence-corrected chi connectivity index (χ4v) is 2.55. The molecule has 0 aliphatic carbocycles. The third-order valence-electron chi connectivity index (χ3n) is 3.54. The number of pyridine rings is 1. The van der Waals surface area contributed by atoms with E-state index in [4.69, 9.17) is 0 Å². The highest BCUT2D eigenvalue weighted by molar-refractivity contribution is 5.98. The third-order valence-corrected chi connectivity index (χ3v) is 3.54. The second kappa shape index (κ2) is 5.23. The first-order valence-electron chi connectivity index (χ1n) is 6.45. The predicted octanol–water partition coefficient (Wildman–Crippen LogP) is 2.70. The Balaban J connectivity index is 2.04. The summed E-state index contributed by atoms with van der Waals surface area (Å²) in [6.45, 7) is 0.148. The number of fused-ring (bicyclic) bond motifs is 1. The first-order chi connectivity index (χ1) is 10.1. The van der Waals surface area contributed by atoms with Gasteiger partial charge in [-0.3, -0.25) is 9.78 Å². The van der Waals surface area contributed by atoms with Crippen molar-refractivity contribution in [2.45, 2.75) is 18.8 Å². The zero-order valence-corrected chi connectivity index (χ0v) is 10.9. The first-order valence-corrected chi connectivity index (χ1v) is 6.45. The van der Waals surface area contributed by atoms with Crippen LogP contribution in [0.15, 0.2) is 24.5 Å². The summed E-state index contributed by atoms with van der Waals surface area (Å²) < 4.78 is 39.0. The van der Waals surface area contributed by atoms with Gasteiger partial charge in [-0.15, -0.1) is 0 Å². The lowest BCUT2D eigenvalue weighted by Gasteiger charge is -2.22. The summed E-state index contributed by atoms with van der Waals surface area (Å²) >= 11 is 0. The number of H-pyrrole nitrogens is 1. The van der Waals surface area contributed by atoms with Crippen molar-refractivity contribution in [2.24, 2.45) is 0 Å². The SMILES string of the molecule is O=C1NCC(CC(F)F)c2[nH]c(-c3ccncc3F)cc21. The van der Waals surface area contributed by atoms with E-state index in [1.807, 2.05) is 0 Å². The van der Waals surface area contributed by atoms with Crippen LogP contribution in [-0.2, 0) is 0 Å². The number of aromatic amines is 1.